The summed E-state index contributed by atoms with van der Waals surface area (Å²) in [5.41, 5.74) is 16.5. The van der Waals surface area contributed by atoms with Crippen molar-refractivity contribution in [1.82, 2.24) is 4.57 Å². The average molecular weight is 648 g/mol. The fourth-order valence-electron chi connectivity index (χ4n) is 7.07. The topological polar surface area (TPSA) is 11.4 Å². The molecule has 0 radical (unpaired) electrons. The lowest BCUT2D eigenvalue weighted by Crippen LogP contribution is -2.10. The molecule has 3 heteroatoms. The number of rotatable bonds is 7. The van der Waals surface area contributed by atoms with Crippen LogP contribution in [0.4, 0.5) is 34.1 Å². The highest BCUT2D eigenvalue weighted by Gasteiger charge is 2.20. The van der Waals surface area contributed by atoms with Crippen molar-refractivity contribution in [2.75, 3.05) is 9.80 Å². The second-order valence-corrected chi connectivity index (χ2v) is 13.6. The molecule has 0 amide bonds. The molecule has 0 bridgehead atoms. The van der Waals surface area contributed by atoms with Crippen molar-refractivity contribution < 1.29 is 0 Å². The van der Waals surface area contributed by atoms with Crippen LogP contribution in [0.2, 0.25) is 0 Å². The lowest BCUT2D eigenvalue weighted by Gasteiger charge is -2.26. The molecule has 0 aliphatic rings. The third kappa shape index (κ3) is 5.82. The summed E-state index contributed by atoms with van der Waals surface area (Å²) in [6.45, 7) is 10.7. The first kappa shape index (κ1) is 31.2. The van der Waals surface area contributed by atoms with Gasteiger partial charge in [0.15, 0.2) is 0 Å². The Morgan fingerprint density at radius 1 is 0.320 bits per heavy atom. The van der Waals surface area contributed by atoms with E-state index in [4.69, 9.17) is 0 Å². The van der Waals surface area contributed by atoms with Crippen LogP contribution in [0.15, 0.2) is 158 Å². The maximum absolute atomic E-state index is 2.41. The fourth-order valence-corrected chi connectivity index (χ4v) is 7.07. The number of nitrogens with zero attached hydrogens (tertiary/aromatic N) is 3. The summed E-state index contributed by atoms with van der Waals surface area (Å²) in [6.07, 6.45) is 0. The molecule has 7 aromatic carbocycles. The monoisotopic (exact) mass is 647 g/mol. The molecule has 50 heavy (non-hydrogen) atoms. The Kier molecular flexibility index (Phi) is 7.97. The number of benzene rings is 7. The molecule has 0 unspecified atom stereocenters. The minimum atomic E-state index is 1.12. The molecule has 3 nitrogen and oxygen atoms in total. The van der Waals surface area contributed by atoms with Crippen LogP contribution in [0.5, 0.6) is 0 Å². The molecule has 0 fully saturated rings. The Morgan fingerprint density at radius 2 is 0.680 bits per heavy atom. The number of hydrogen-bond acceptors (Lipinski definition) is 2. The van der Waals surface area contributed by atoms with E-state index in [9.17, 15) is 0 Å². The molecule has 0 aliphatic carbocycles. The lowest BCUT2D eigenvalue weighted by atomic mass is 10.1. The third-order valence-electron chi connectivity index (χ3n) is 9.64. The summed E-state index contributed by atoms with van der Waals surface area (Å²) >= 11 is 0. The minimum Gasteiger partial charge on any atom is -0.310 e. The van der Waals surface area contributed by atoms with Crippen LogP contribution in [0.25, 0.3) is 27.5 Å². The molecule has 1 heterocycles. The van der Waals surface area contributed by atoms with Gasteiger partial charge in [-0.25, -0.2) is 0 Å². The van der Waals surface area contributed by atoms with Crippen LogP contribution in [-0.4, -0.2) is 4.57 Å². The van der Waals surface area contributed by atoms with Crippen molar-refractivity contribution in [3.63, 3.8) is 0 Å². The summed E-state index contributed by atoms with van der Waals surface area (Å²) in [5.74, 6) is 0. The molecule has 0 saturated heterocycles. The highest BCUT2D eigenvalue weighted by Crippen LogP contribution is 2.43. The predicted molar refractivity (Wildman–Crippen MR) is 214 cm³/mol. The molecule has 244 valence electrons. The van der Waals surface area contributed by atoms with Crippen LogP contribution < -0.4 is 9.80 Å². The van der Waals surface area contributed by atoms with Gasteiger partial charge in [0.05, 0.1) is 11.0 Å². The first-order valence-corrected chi connectivity index (χ1v) is 17.3. The van der Waals surface area contributed by atoms with Crippen LogP contribution in [0, 0.1) is 34.6 Å². The summed E-state index contributed by atoms with van der Waals surface area (Å²) in [7, 11) is 0. The van der Waals surface area contributed by atoms with E-state index >= 15 is 0 Å². The standard InChI is InChI=1S/C47H41N3/c1-32-12-18-37(19-13-32)48(40-10-6-8-35(4)28-40)42-24-26-46-44(30-42)45-31-43(25-27-47(45)50(46)39-22-16-34(3)17-23-39)49(38-20-14-33(2)15-21-38)41-11-7-9-36(5)29-41/h6-31H,1-5H3. The van der Waals surface area contributed by atoms with E-state index in [1.807, 2.05) is 0 Å². The Balaban J connectivity index is 1.39. The van der Waals surface area contributed by atoms with Gasteiger partial charge in [-0.2, -0.15) is 0 Å². The van der Waals surface area contributed by atoms with Crippen molar-refractivity contribution >= 4 is 55.9 Å². The maximum atomic E-state index is 2.41. The van der Waals surface area contributed by atoms with Crippen LogP contribution >= 0.6 is 0 Å². The molecule has 0 atom stereocenters. The molecule has 0 spiro atoms. The first-order valence-electron chi connectivity index (χ1n) is 17.3. The Morgan fingerprint density at radius 3 is 1.08 bits per heavy atom. The van der Waals surface area contributed by atoms with Gasteiger partial charge in [-0.05, 0) is 143 Å². The van der Waals surface area contributed by atoms with Gasteiger partial charge in [0, 0.05) is 50.6 Å². The Bertz CT molecular complexity index is 2320. The van der Waals surface area contributed by atoms with Gasteiger partial charge in [0.2, 0.25) is 0 Å². The van der Waals surface area contributed by atoms with Crippen molar-refractivity contribution in [2.45, 2.75) is 34.6 Å². The average Bonchev–Trinajstić information content (AvgIpc) is 3.44. The zero-order valence-corrected chi connectivity index (χ0v) is 29.4. The second kappa shape index (κ2) is 12.8. The fraction of sp³-hybridized carbons (Fsp3) is 0.106. The quantitative estimate of drug-likeness (QED) is 0.171. The van der Waals surface area contributed by atoms with Crippen LogP contribution in [-0.2, 0) is 0 Å². The van der Waals surface area contributed by atoms with Crippen molar-refractivity contribution in [2.24, 2.45) is 0 Å². The molecule has 8 aromatic rings. The van der Waals surface area contributed by atoms with E-state index in [0.717, 1.165) is 39.8 Å². The number of anilines is 6. The largest absolute Gasteiger partial charge is 0.310 e. The van der Waals surface area contributed by atoms with E-state index in [-0.39, 0.29) is 0 Å². The van der Waals surface area contributed by atoms with E-state index in [1.54, 1.807) is 0 Å². The van der Waals surface area contributed by atoms with E-state index in [0.29, 0.717) is 0 Å². The maximum Gasteiger partial charge on any atom is 0.0542 e. The highest BCUT2D eigenvalue weighted by atomic mass is 15.1. The lowest BCUT2D eigenvalue weighted by molar-refractivity contribution is 1.17. The molecule has 0 N–H and O–H groups in total. The summed E-state index contributed by atoms with van der Waals surface area (Å²) in [5, 5.41) is 2.41. The summed E-state index contributed by atoms with van der Waals surface area (Å²) in [4.78, 5) is 4.74. The summed E-state index contributed by atoms with van der Waals surface area (Å²) < 4.78 is 2.41. The van der Waals surface area contributed by atoms with Crippen molar-refractivity contribution in [1.29, 1.82) is 0 Å². The highest BCUT2D eigenvalue weighted by molar-refractivity contribution is 6.12. The minimum absolute atomic E-state index is 1.12. The third-order valence-corrected chi connectivity index (χ3v) is 9.64. The van der Waals surface area contributed by atoms with Gasteiger partial charge in [0.25, 0.3) is 0 Å². The van der Waals surface area contributed by atoms with Gasteiger partial charge in [-0.15, -0.1) is 0 Å². The molecule has 1 aromatic heterocycles. The number of hydrogen-bond donors (Lipinski definition) is 0. The van der Waals surface area contributed by atoms with Gasteiger partial charge in [-0.3, -0.25) is 0 Å². The van der Waals surface area contributed by atoms with Gasteiger partial charge in [0.1, 0.15) is 0 Å². The van der Waals surface area contributed by atoms with E-state index in [1.165, 1.54) is 49.6 Å². The Hall–Kier alpha value is -6.06. The van der Waals surface area contributed by atoms with Crippen LogP contribution in [0.1, 0.15) is 27.8 Å². The smallest absolute Gasteiger partial charge is 0.0542 e. The van der Waals surface area contributed by atoms with Crippen LogP contribution in [0.3, 0.4) is 0 Å². The van der Waals surface area contributed by atoms with Crippen molar-refractivity contribution in [3.8, 4) is 5.69 Å². The normalized spacial score (nSPS) is 11.3. The number of aromatic nitrogens is 1. The number of aryl methyl sites for hydroxylation is 5. The van der Waals surface area contributed by atoms with Gasteiger partial charge < -0.3 is 14.4 Å². The molecule has 0 aliphatic heterocycles. The molecule has 0 saturated carbocycles. The van der Waals surface area contributed by atoms with Gasteiger partial charge in [-0.1, -0.05) is 77.4 Å². The van der Waals surface area contributed by atoms with E-state index < -0.39 is 0 Å². The van der Waals surface area contributed by atoms with E-state index in [2.05, 4.69) is 207 Å². The SMILES string of the molecule is Cc1ccc(N(c2cccc(C)c2)c2ccc3c(c2)c2cc(N(c4ccc(C)cc4)c4cccc(C)c4)ccc2n3-c2ccc(C)cc2)cc1. The molecular weight excluding hydrogens is 607 g/mol. The zero-order valence-electron chi connectivity index (χ0n) is 29.4. The molecular formula is C47H41N3. The second-order valence-electron chi connectivity index (χ2n) is 13.6. The number of fused-ring (bicyclic) bond motifs is 3. The van der Waals surface area contributed by atoms with Gasteiger partial charge >= 0.3 is 0 Å². The summed E-state index contributed by atoms with van der Waals surface area (Å²) in [6, 6.07) is 57.9. The van der Waals surface area contributed by atoms with Crippen molar-refractivity contribution in [3.05, 3.63) is 186 Å². The zero-order chi connectivity index (χ0) is 34.4. The predicted octanol–water partition coefficient (Wildman–Crippen LogP) is 13.3. The first-order chi connectivity index (χ1) is 24.3. The Labute approximate surface area is 295 Å². The molecule has 8 rings (SSSR count).